The molecule has 2 rings (SSSR count). The lowest BCUT2D eigenvalue weighted by Crippen LogP contribution is -2.29. The monoisotopic (exact) mass is 376 g/mol. The van der Waals surface area contributed by atoms with Crippen molar-refractivity contribution < 1.29 is 14.3 Å². The molecule has 0 atom stereocenters. The molecule has 1 aromatic carbocycles. The fraction of sp³-hybridized carbons (Fsp3) is 0.235. The van der Waals surface area contributed by atoms with Crippen molar-refractivity contribution in [3.8, 4) is 0 Å². The number of nitrogens with one attached hydrogen (secondary N) is 1. The second kappa shape index (κ2) is 9.05. The summed E-state index contributed by atoms with van der Waals surface area (Å²) in [6, 6.07) is 11.6. The van der Waals surface area contributed by atoms with E-state index in [0.717, 1.165) is 12.8 Å². The molecule has 0 saturated heterocycles. The maximum Gasteiger partial charge on any atom is 0.340 e. The summed E-state index contributed by atoms with van der Waals surface area (Å²) in [5.41, 5.74) is 1.53. The number of amides is 1. The molecular formula is C17H17BrN2O3. The van der Waals surface area contributed by atoms with E-state index >= 15 is 0 Å². The molecule has 0 aliphatic carbocycles. The average Bonchev–Trinajstić information content (AvgIpc) is 2.57. The molecule has 0 unspecified atom stereocenters. The number of rotatable bonds is 7. The lowest BCUT2D eigenvalue weighted by molar-refractivity contribution is -0.124. The molecule has 5 nitrogen and oxygen atoms in total. The van der Waals surface area contributed by atoms with Crippen LogP contribution in [0.3, 0.4) is 0 Å². The minimum atomic E-state index is -0.571. The highest BCUT2D eigenvalue weighted by Crippen LogP contribution is 2.10. The van der Waals surface area contributed by atoms with Crippen molar-refractivity contribution in [2.75, 3.05) is 13.2 Å². The molecule has 0 saturated carbocycles. The molecule has 23 heavy (non-hydrogen) atoms. The number of hydrogen-bond donors (Lipinski definition) is 1. The van der Waals surface area contributed by atoms with E-state index in [2.05, 4.69) is 38.4 Å². The molecule has 0 fully saturated rings. The van der Waals surface area contributed by atoms with E-state index in [1.807, 2.05) is 18.2 Å². The predicted octanol–water partition coefficient (Wildman–Crippen LogP) is 2.75. The van der Waals surface area contributed by atoms with Crippen LogP contribution in [-0.2, 0) is 16.0 Å². The van der Waals surface area contributed by atoms with Gasteiger partial charge in [-0.15, -0.1) is 0 Å². The Morgan fingerprint density at radius 3 is 2.70 bits per heavy atom. The second-order valence-corrected chi connectivity index (χ2v) is 5.82. The highest BCUT2D eigenvalue weighted by Gasteiger charge is 2.10. The summed E-state index contributed by atoms with van der Waals surface area (Å²) in [4.78, 5) is 27.3. The van der Waals surface area contributed by atoms with Crippen LogP contribution >= 0.6 is 15.9 Å². The third-order valence-corrected chi connectivity index (χ3v) is 3.52. The van der Waals surface area contributed by atoms with Crippen LogP contribution in [0.1, 0.15) is 22.3 Å². The number of aryl methyl sites for hydroxylation is 1. The minimum absolute atomic E-state index is 0.295. The van der Waals surface area contributed by atoms with Crippen LogP contribution in [0.5, 0.6) is 0 Å². The van der Waals surface area contributed by atoms with E-state index in [0.29, 0.717) is 16.6 Å². The number of hydrogen-bond acceptors (Lipinski definition) is 4. The summed E-state index contributed by atoms with van der Waals surface area (Å²) in [6.45, 7) is 0.250. The Hall–Kier alpha value is -2.21. The number of ether oxygens (including phenoxy) is 1. The summed E-state index contributed by atoms with van der Waals surface area (Å²) in [5.74, 6) is -0.882. The lowest BCUT2D eigenvalue weighted by Gasteiger charge is -2.07. The number of benzene rings is 1. The van der Waals surface area contributed by atoms with Gasteiger partial charge in [-0.1, -0.05) is 30.3 Å². The molecule has 1 heterocycles. The quantitative estimate of drug-likeness (QED) is 0.595. The van der Waals surface area contributed by atoms with E-state index in [1.165, 1.54) is 11.8 Å². The second-order valence-electron chi connectivity index (χ2n) is 4.91. The van der Waals surface area contributed by atoms with Gasteiger partial charge in [-0.2, -0.15) is 0 Å². The van der Waals surface area contributed by atoms with Gasteiger partial charge in [0.2, 0.25) is 0 Å². The van der Waals surface area contributed by atoms with Crippen LogP contribution in [0.2, 0.25) is 0 Å². The van der Waals surface area contributed by atoms with E-state index < -0.39 is 5.97 Å². The first-order valence-electron chi connectivity index (χ1n) is 7.23. The van der Waals surface area contributed by atoms with Crippen molar-refractivity contribution >= 4 is 27.8 Å². The van der Waals surface area contributed by atoms with Crippen LogP contribution in [0.25, 0.3) is 0 Å². The normalized spacial score (nSPS) is 10.1. The number of carbonyl (C=O) groups excluding carboxylic acids is 2. The first-order chi connectivity index (χ1) is 11.1. The van der Waals surface area contributed by atoms with Crippen molar-refractivity contribution in [3.05, 3.63) is 64.4 Å². The molecule has 1 amide bonds. The van der Waals surface area contributed by atoms with Gasteiger partial charge in [0, 0.05) is 23.4 Å². The smallest absolute Gasteiger partial charge is 0.340 e. The van der Waals surface area contributed by atoms with E-state index in [1.54, 1.807) is 12.3 Å². The molecule has 0 radical (unpaired) electrons. The fourth-order valence-corrected chi connectivity index (χ4v) is 2.32. The standard InChI is InChI=1S/C17H17BrN2O3/c18-15-9-14(10-19-11-15)17(22)23-12-16(21)20-8-4-7-13-5-2-1-3-6-13/h1-3,5-6,9-11H,4,7-8,12H2,(H,20,21). The van der Waals surface area contributed by atoms with Crippen LogP contribution in [0, 0.1) is 0 Å². The van der Waals surface area contributed by atoms with Crippen molar-refractivity contribution in [3.63, 3.8) is 0 Å². The summed E-state index contributed by atoms with van der Waals surface area (Å²) in [7, 11) is 0. The summed E-state index contributed by atoms with van der Waals surface area (Å²) in [5, 5.41) is 2.73. The first-order valence-corrected chi connectivity index (χ1v) is 8.03. The molecule has 0 aliphatic heterocycles. The highest BCUT2D eigenvalue weighted by molar-refractivity contribution is 9.10. The zero-order valence-corrected chi connectivity index (χ0v) is 14.1. The summed E-state index contributed by atoms with van der Waals surface area (Å²) in [6.07, 6.45) is 4.69. The molecule has 1 N–H and O–H groups in total. The zero-order valence-electron chi connectivity index (χ0n) is 12.5. The van der Waals surface area contributed by atoms with Crippen LogP contribution in [-0.4, -0.2) is 30.0 Å². The van der Waals surface area contributed by atoms with Gasteiger partial charge in [0.05, 0.1) is 5.56 Å². The van der Waals surface area contributed by atoms with Crippen LogP contribution < -0.4 is 5.32 Å². The topological polar surface area (TPSA) is 68.3 Å². The Morgan fingerprint density at radius 2 is 1.96 bits per heavy atom. The third kappa shape index (κ3) is 6.20. The van der Waals surface area contributed by atoms with Gasteiger partial charge in [-0.25, -0.2) is 4.79 Å². The van der Waals surface area contributed by atoms with Gasteiger partial charge in [-0.3, -0.25) is 9.78 Å². The van der Waals surface area contributed by atoms with Crippen LogP contribution in [0.15, 0.2) is 53.3 Å². The number of aromatic nitrogens is 1. The van der Waals surface area contributed by atoms with Gasteiger partial charge < -0.3 is 10.1 Å². The molecule has 1 aromatic heterocycles. The van der Waals surface area contributed by atoms with Gasteiger partial charge >= 0.3 is 5.97 Å². The van der Waals surface area contributed by atoms with Gasteiger partial charge in [0.1, 0.15) is 0 Å². The van der Waals surface area contributed by atoms with E-state index in [4.69, 9.17) is 4.74 Å². The van der Waals surface area contributed by atoms with Crippen molar-refractivity contribution in [2.45, 2.75) is 12.8 Å². The Balaban J connectivity index is 1.64. The molecule has 0 spiro atoms. The zero-order chi connectivity index (χ0) is 16.5. The Kier molecular flexibility index (Phi) is 6.75. The Bertz CT molecular complexity index is 662. The molecule has 0 bridgehead atoms. The van der Waals surface area contributed by atoms with Gasteiger partial charge in [0.15, 0.2) is 6.61 Å². The van der Waals surface area contributed by atoms with E-state index in [-0.39, 0.29) is 12.5 Å². The predicted molar refractivity (Wildman–Crippen MR) is 90.0 cm³/mol. The Labute approximate surface area is 143 Å². The fourth-order valence-electron chi connectivity index (χ4n) is 1.95. The first kappa shape index (κ1) is 17.1. The maximum atomic E-state index is 11.8. The van der Waals surface area contributed by atoms with Gasteiger partial charge in [0.25, 0.3) is 5.91 Å². The number of pyridine rings is 1. The van der Waals surface area contributed by atoms with E-state index in [9.17, 15) is 9.59 Å². The lowest BCUT2D eigenvalue weighted by atomic mass is 10.1. The van der Waals surface area contributed by atoms with Crippen LogP contribution in [0.4, 0.5) is 0 Å². The summed E-state index contributed by atoms with van der Waals surface area (Å²) < 4.78 is 5.63. The maximum absolute atomic E-state index is 11.8. The molecule has 120 valence electrons. The van der Waals surface area contributed by atoms with Crippen molar-refractivity contribution in [2.24, 2.45) is 0 Å². The van der Waals surface area contributed by atoms with Gasteiger partial charge in [-0.05, 0) is 40.4 Å². The van der Waals surface area contributed by atoms with Crippen molar-refractivity contribution in [1.82, 2.24) is 10.3 Å². The highest BCUT2D eigenvalue weighted by atomic mass is 79.9. The van der Waals surface area contributed by atoms with Crippen molar-refractivity contribution in [1.29, 1.82) is 0 Å². The molecule has 0 aliphatic rings. The average molecular weight is 377 g/mol. The molecule has 6 heteroatoms. The molecular weight excluding hydrogens is 360 g/mol. The summed E-state index contributed by atoms with van der Waals surface area (Å²) >= 11 is 3.22. The number of carbonyl (C=O) groups is 2. The number of esters is 1. The largest absolute Gasteiger partial charge is 0.452 e. The SMILES string of the molecule is O=C(COC(=O)c1cncc(Br)c1)NCCCc1ccccc1. The number of halogens is 1. The Morgan fingerprint density at radius 1 is 1.17 bits per heavy atom. The molecule has 2 aromatic rings. The minimum Gasteiger partial charge on any atom is -0.452 e. The third-order valence-electron chi connectivity index (χ3n) is 3.08. The number of nitrogens with zero attached hydrogens (tertiary/aromatic N) is 1.